The fraction of sp³-hybridized carbons (Fsp3) is 0.0870. The summed E-state index contributed by atoms with van der Waals surface area (Å²) in [6.07, 6.45) is 0. The van der Waals surface area contributed by atoms with Crippen LogP contribution in [0.2, 0.25) is 5.02 Å². The number of carbonyl (C=O) groups excluding carboxylic acids is 1. The molecule has 0 saturated carbocycles. The Morgan fingerprint density at radius 3 is 2.52 bits per heavy atom. The van der Waals surface area contributed by atoms with Crippen LogP contribution in [-0.4, -0.2) is 22.2 Å². The molecule has 0 aliphatic carbocycles. The van der Waals surface area contributed by atoms with Crippen molar-refractivity contribution in [2.24, 2.45) is 10.2 Å². The van der Waals surface area contributed by atoms with Crippen LogP contribution in [0.25, 0.3) is 10.9 Å². The summed E-state index contributed by atoms with van der Waals surface area (Å²) < 4.78 is 9.57. The molecule has 0 bridgehead atoms. The number of azo groups is 1. The van der Waals surface area contributed by atoms with Gasteiger partial charge in [-0.2, -0.15) is 0 Å². The zero-order valence-electron chi connectivity index (χ0n) is 16.8. The molecule has 3 aromatic carbocycles. The molecule has 4 rings (SSSR count). The average Bonchev–Trinajstić information content (AvgIpc) is 3.03. The molecule has 33 heavy (non-hydrogen) atoms. The lowest BCUT2D eigenvalue weighted by molar-refractivity contribution is -0.120. The number of halogens is 4. The molecule has 0 spiro atoms. The van der Waals surface area contributed by atoms with Gasteiger partial charge in [-0.05, 0) is 64.0 Å². The van der Waals surface area contributed by atoms with Gasteiger partial charge in [-0.3, -0.25) is 4.79 Å². The Hall–Kier alpha value is -2.20. The molecule has 0 aliphatic heterocycles. The van der Waals surface area contributed by atoms with E-state index in [2.05, 4.69) is 58.0 Å². The van der Waals surface area contributed by atoms with Gasteiger partial charge < -0.3 is 14.4 Å². The summed E-state index contributed by atoms with van der Waals surface area (Å²) in [4.78, 5) is 12.3. The maximum atomic E-state index is 12.3. The van der Waals surface area contributed by atoms with Gasteiger partial charge in [0.15, 0.2) is 12.3 Å². The zero-order valence-corrected chi connectivity index (χ0v) is 22.3. The van der Waals surface area contributed by atoms with Crippen LogP contribution >= 0.6 is 59.4 Å². The predicted octanol–water partition coefficient (Wildman–Crippen LogP) is 8.03. The SMILES string of the molecule is O=C(COc1ccc(Br)cc1Br)N=Nc1c(O)n(Cc2ccccc2Cl)c2ccc(Br)cc12. The molecule has 1 N–H and O–H groups in total. The van der Waals surface area contributed by atoms with Gasteiger partial charge in [0.05, 0.1) is 16.5 Å². The largest absolute Gasteiger partial charge is 0.493 e. The van der Waals surface area contributed by atoms with Crippen molar-refractivity contribution in [2.75, 3.05) is 6.61 Å². The lowest BCUT2D eigenvalue weighted by atomic mass is 10.2. The molecule has 168 valence electrons. The first kappa shape index (κ1) is 23.9. The lowest BCUT2D eigenvalue weighted by Crippen LogP contribution is -2.08. The van der Waals surface area contributed by atoms with E-state index in [4.69, 9.17) is 16.3 Å². The van der Waals surface area contributed by atoms with Crippen LogP contribution in [-0.2, 0) is 11.3 Å². The van der Waals surface area contributed by atoms with E-state index in [0.717, 1.165) is 20.0 Å². The summed E-state index contributed by atoms with van der Waals surface area (Å²) in [7, 11) is 0. The maximum absolute atomic E-state index is 12.3. The smallest absolute Gasteiger partial charge is 0.302 e. The van der Waals surface area contributed by atoms with E-state index >= 15 is 0 Å². The van der Waals surface area contributed by atoms with Gasteiger partial charge >= 0.3 is 5.91 Å². The number of benzene rings is 3. The van der Waals surface area contributed by atoms with Crippen molar-refractivity contribution in [3.05, 3.63) is 84.7 Å². The van der Waals surface area contributed by atoms with Crippen LogP contribution in [0, 0.1) is 0 Å². The molecule has 0 fully saturated rings. The first-order valence-electron chi connectivity index (χ1n) is 9.60. The van der Waals surface area contributed by atoms with Crippen molar-refractivity contribution >= 4 is 81.9 Å². The number of amides is 1. The van der Waals surface area contributed by atoms with Crippen molar-refractivity contribution < 1.29 is 14.6 Å². The summed E-state index contributed by atoms with van der Waals surface area (Å²) in [6.45, 7) is 0.0280. The number of hydrogen-bond acceptors (Lipinski definition) is 4. The molecule has 0 unspecified atom stereocenters. The third kappa shape index (κ3) is 5.48. The molecular formula is C23H15Br3ClN3O3. The van der Waals surface area contributed by atoms with Crippen molar-refractivity contribution in [1.29, 1.82) is 0 Å². The molecule has 0 atom stereocenters. The number of carbonyl (C=O) groups is 1. The molecule has 1 heterocycles. The van der Waals surface area contributed by atoms with Crippen LogP contribution in [0.4, 0.5) is 5.69 Å². The third-order valence-electron chi connectivity index (χ3n) is 4.76. The first-order chi connectivity index (χ1) is 15.8. The van der Waals surface area contributed by atoms with E-state index in [1.807, 2.05) is 42.5 Å². The number of aromatic hydroxyl groups is 1. The van der Waals surface area contributed by atoms with Gasteiger partial charge in [0.2, 0.25) is 5.88 Å². The highest BCUT2D eigenvalue weighted by atomic mass is 79.9. The summed E-state index contributed by atoms with van der Waals surface area (Å²) >= 11 is 16.5. The minimum atomic E-state index is -0.591. The Morgan fingerprint density at radius 2 is 1.76 bits per heavy atom. The number of fused-ring (bicyclic) bond motifs is 1. The third-order valence-corrected chi connectivity index (χ3v) is 6.74. The highest BCUT2D eigenvalue weighted by molar-refractivity contribution is 9.11. The fourth-order valence-corrected chi connectivity index (χ4v) is 4.94. The van der Waals surface area contributed by atoms with Crippen molar-refractivity contribution in [3.63, 3.8) is 0 Å². The number of nitrogens with zero attached hydrogens (tertiary/aromatic N) is 3. The second-order valence-corrected chi connectivity index (χ2v) is 10.1. The second kappa shape index (κ2) is 10.4. The van der Waals surface area contributed by atoms with Gasteiger partial charge in [-0.25, -0.2) is 0 Å². The van der Waals surface area contributed by atoms with Crippen LogP contribution in [0.5, 0.6) is 11.6 Å². The summed E-state index contributed by atoms with van der Waals surface area (Å²) in [5.74, 6) is -0.202. The summed E-state index contributed by atoms with van der Waals surface area (Å²) in [5, 5.41) is 20.0. The number of aromatic nitrogens is 1. The van der Waals surface area contributed by atoms with Crippen LogP contribution < -0.4 is 4.74 Å². The lowest BCUT2D eigenvalue weighted by Gasteiger charge is -2.08. The predicted molar refractivity (Wildman–Crippen MR) is 139 cm³/mol. The zero-order chi connectivity index (χ0) is 23.5. The van der Waals surface area contributed by atoms with E-state index in [1.54, 1.807) is 22.8 Å². The normalized spacial score (nSPS) is 11.4. The molecule has 6 nitrogen and oxygen atoms in total. The fourth-order valence-electron chi connectivity index (χ4n) is 3.22. The minimum Gasteiger partial charge on any atom is -0.493 e. The van der Waals surface area contributed by atoms with Gasteiger partial charge in [0.25, 0.3) is 0 Å². The Labute approximate surface area is 219 Å². The first-order valence-corrected chi connectivity index (χ1v) is 12.4. The van der Waals surface area contributed by atoms with Crippen molar-refractivity contribution in [3.8, 4) is 11.6 Å². The second-order valence-electron chi connectivity index (χ2n) is 6.97. The van der Waals surface area contributed by atoms with Crippen molar-refractivity contribution in [1.82, 2.24) is 4.57 Å². The van der Waals surface area contributed by atoms with Gasteiger partial charge in [-0.15, -0.1) is 10.2 Å². The number of ether oxygens (including phenoxy) is 1. The number of rotatable bonds is 6. The highest BCUT2D eigenvalue weighted by Crippen LogP contribution is 2.41. The molecule has 4 aromatic rings. The molecule has 0 saturated heterocycles. The van der Waals surface area contributed by atoms with Crippen LogP contribution in [0.1, 0.15) is 5.56 Å². The molecule has 0 radical (unpaired) electrons. The average molecular weight is 657 g/mol. The molecule has 0 aliphatic rings. The standard InChI is InChI=1S/C23H15Br3ClN3O3/c24-14-5-7-19-16(9-14)22(23(32)30(19)11-13-3-1-2-4-18(13)27)29-28-21(31)12-33-20-8-6-15(25)10-17(20)26/h1-10,32H,11-12H2. The molecule has 10 heteroatoms. The Bertz CT molecular complexity index is 1390. The summed E-state index contributed by atoms with van der Waals surface area (Å²) in [6, 6.07) is 18.3. The van der Waals surface area contributed by atoms with Gasteiger partial charge in [0.1, 0.15) is 5.75 Å². The summed E-state index contributed by atoms with van der Waals surface area (Å²) in [5.41, 5.74) is 1.76. The number of hydrogen-bond donors (Lipinski definition) is 1. The highest BCUT2D eigenvalue weighted by Gasteiger charge is 2.18. The van der Waals surface area contributed by atoms with Crippen LogP contribution in [0.15, 0.2) is 84.3 Å². The monoisotopic (exact) mass is 653 g/mol. The van der Waals surface area contributed by atoms with E-state index in [9.17, 15) is 9.90 Å². The topological polar surface area (TPSA) is 76.2 Å². The molecular weight excluding hydrogens is 641 g/mol. The van der Waals surface area contributed by atoms with Gasteiger partial charge in [0, 0.05) is 19.4 Å². The Kier molecular flexibility index (Phi) is 7.53. The maximum Gasteiger partial charge on any atom is 0.302 e. The Morgan fingerprint density at radius 1 is 1.03 bits per heavy atom. The quantitative estimate of drug-likeness (QED) is 0.214. The Balaban J connectivity index is 1.61. The van der Waals surface area contributed by atoms with Crippen LogP contribution in [0.3, 0.4) is 0 Å². The minimum absolute atomic E-state index is 0.115. The molecule has 1 amide bonds. The van der Waals surface area contributed by atoms with E-state index in [1.165, 1.54) is 0 Å². The van der Waals surface area contributed by atoms with Crippen molar-refractivity contribution in [2.45, 2.75) is 6.54 Å². The van der Waals surface area contributed by atoms with Gasteiger partial charge in [-0.1, -0.05) is 61.7 Å². The van der Waals surface area contributed by atoms with E-state index in [-0.39, 0.29) is 18.2 Å². The van der Waals surface area contributed by atoms with E-state index < -0.39 is 5.91 Å². The molecule has 1 aromatic heterocycles. The van der Waals surface area contributed by atoms with E-state index in [0.29, 0.717) is 27.2 Å².